The fourth-order valence-electron chi connectivity index (χ4n) is 1.08. The second-order valence-corrected chi connectivity index (χ2v) is 5.52. The summed E-state index contributed by atoms with van der Waals surface area (Å²) in [5.41, 5.74) is 0. The molecule has 104 valence electrons. The Morgan fingerprint density at radius 3 is 2.06 bits per heavy atom. The molecule has 1 amide bonds. The van der Waals surface area contributed by atoms with Gasteiger partial charge in [0.05, 0.1) is 6.04 Å². The van der Waals surface area contributed by atoms with Crippen LogP contribution in [-0.2, 0) is 28.0 Å². The number of carbonyl (C=O) groups excluding carboxylic acids is 2. The molecular weight excluding hydrogens is 261 g/mol. The van der Waals surface area contributed by atoms with E-state index in [0.29, 0.717) is 0 Å². The second-order valence-electron chi connectivity index (χ2n) is 3.41. The van der Waals surface area contributed by atoms with E-state index in [4.69, 9.17) is 13.9 Å². The van der Waals surface area contributed by atoms with Crippen molar-refractivity contribution in [3.63, 3.8) is 0 Å². The van der Waals surface area contributed by atoms with Crippen LogP contribution in [0, 0.1) is 0 Å². The molecule has 0 bridgehead atoms. The van der Waals surface area contributed by atoms with E-state index in [1.165, 1.54) is 40.0 Å². The highest BCUT2D eigenvalue weighted by atomic mass is 31.2. The summed E-state index contributed by atoms with van der Waals surface area (Å²) in [7, 11) is -0.810. The zero-order valence-corrected chi connectivity index (χ0v) is 12.0. The monoisotopic (exact) mass is 279 g/mol. The fraction of sp³-hybridized carbons (Fsp3) is 0.600. The molecule has 0 rings (SSSR count). The Balaban J connectivity index is 4.85. The summed E-state index contributed by atoms with van der Waals surface area (Å²) in [4.78, 5) is 26.8. The lowest BCUT2D eigenvalue weighted by Gasteiger charge is -2.23. The lowest BCUT2D eigenvalue weighted by atomic mass is 10.3. The molecule has 0 aromatic heterocycles. The lowest BCUT2D eigenvalue weighted by molar-refractivity contribution is -0.199. The van der Waals surface area contributed by atoms with Gasteiger partial charge in [0.2, 0.25) is 0 Å². The summed E-state index contributed by atoms with van der Waals surface area (Å²) in [6, 6.07) is -0.593. The average Bonchev–Trinajstić information content (AvgIpc) is 2.32. The van der Waals surface area contributed by atoms with Crippen LogP contribution in [0.25, 0.3) is 0 Å². The maximum absolute atomic E-state index is 11.7. The normalized spacial score (nSPS) is 13.4. The van der Waals surface area contributed by atoms with Crippen LogP contribution in [0.15, 0.2) is 11.9 Å². The lowest BCUT2D eigenvalue weighted by Crippen LogP contribution is -2.37. The van der Waals surface area contributed by atoms with Crippen molar-refractivity contribution >= 4 is 19.5 Å². The van der Waals surface area contributed by atoms with Gasteiger partial charge in [-0.15, -0.1) is 0 Å². The van der Waals surface area contributed by atoms with Crippen LogP contribution in [0.3, 0.4) is 0 Å². The number of nitrogens with zero attached hydrogens (tertiary/aromatic N) is 1. The molecule has 0 radical (unpaired) electrons. The molecule has 0 spiro atoms. The van der Waals surface area contributed by atoms with E-state index in [0.717, 1.165) is 5.06 Å². The van der Waals surface area contributed by atoms with Gasteiger partial charge in [-0.1, -0.05) is 6.08 Å². The van der Waals surface area contributed by atoms with E-state index in [2.05, 4.69) is 0 Å². The summed E-state index contributed by atoms with van der Waals surface area (Å²) in [6.45, 7) is 4.03. The van der Waals surface area contributed by atoms with E-state index < -0.39 is 25.5 Å². The molecule has 18 heavy (non-hydrogen) atoms. The third-order valence-corrected chi connectivity index (χ3v) is 3.52. The highest BCUT2D eigenvalue weighted by Crippen LogP contribution is 2.47. The van der Waals surface area contributed by atoms with E-state index in [1.54, 1.807) is 6.92 Å². The minimum absolute atomic E-state index is 0.452. The first kappa shape index (κ1) is 16.8. The molecule has 0 fully saturated rings. The van der Waals surface area contributed by atoms with E-state index in [1.807, 2.05) is 0 Å². The van der Waals surface area contributed by atoms with Crippen molar-refractivity contribution < 1.29 is 28.0 Å². The molecule has 1 unspecified atom stereocenters. The molecular formula is C10H18NO6P. The Morgan fingerprint density at radius 1 is 1.22 bits per heavy atom. The molecule has 0 aliphatic rings. The highest BCUT2D eigenvalue weighted by molar-refractivity contribution is 7.57. The Hall–Kier alpha value is -1.17. The van der Waals surface area contributed by atoms with Crippen molar-refractivity contribution in [2.24, 2.45) is 0 Å². The maximum Gasteiger partial charge on any atom is 0.353 e. The van der Waals surface area contributed by atoms with Crippen molar-refractivity contribution in [3.05, 3.63) is 11.9 Å². The summed E-state index contributed by atoms with van der Waals surface area (Å²) in [5, 5.41) is 0.870. The first-order valence-corrected chi connectivity index (χ1v) is 6.76. The maximum atomic E-state index is 11.7. The topological polar surface area (TPSA) is 82.1 Å². The van der Waals surface area contributed by atoms with Crippen LogP contribution in [0.2, 0.25) is 0 Å². The van der Waals surface area contributed by atoms with Crippen molar-refractivity contribution in [2.45, 2.75) is 26.8 Å². The van der Waals surface area contributed by atoms with Gasteiger partial charge in [-0.05, 0) is 6.92 Å². The Labute approximate surface area is 106 Å². The molecule has 1 atom stereocenters. The zero-order valence-electron chi connectivity index (χ0n) is 11.1. The molecule has 8 heteroatoms. The van der Waals surface area contributed by atoms with Gasteiger partial charge in [0, 0.05) is 33.9 Å². The Kier molecular flexibility index (Phi) is 6.83. The van der Waals surface area contributed by atoms with Crippen LogP contribution in [0.1, 0.15) is 20.8 Å². The number of hydrogen-bond donors (Lipinski definition) is 0. The zero-order chi connectivity index (χ0) is 14.3. The smallest absolute Gasteiger partial charge is 0.338 e. The van der Waals surface area contributed by atoms with Gasteiger partial charge in [0.25, 0.3) is 5.91 Å². The molecule has 0 saturated carbocycles. The van der Waals surface area contributed by atoms with Gasteiger partial charge in [-0.3, -0.25) is 14.2 Å². The predicted octanol–water partition coefficient (Wildman–Crippen LogP) is 1.70. The first-order chi connectivity index (χ1) is 8.25. The van der Waals surface area contributed by atoms with Crippen molar-refractivity contribution in [3.8, 4) is 0 Å². The summed E-state index contributed by atoms with van der Waals surface area (Å²) >= 11 is 0. The first-order valence-electron chi connectivity index (χ1n) is 5.14. The molecule has 0 N–H and O–H groups in total. The van der Waals surface area contributed by atoms with Crippen LogP contribution in [0.5, 0.6) is 0 Å². The molecule has 7 nitrogen and oxygen atoms in total. The minimum atomic E-state index is -3.30. The Morgan fingerprint density at radius 2 is 1.72 bits per heavy atom. The van der Waals surface area contributed by atoms with Gasteiger partial charge in [-0.25, -0.2) is 0 Å². The molecule has 0 aromatic carbocycles. The van der Waals surface area contributed by atoms with Gasteiger partial charge >= 0.3 is 13.6 Å². The number of hydroxylamine groups is 2. The summed E-state index contributed by atoms with van der Waals surface area (Å²) < 4.78 is 21.1. The number of rotatable bonds is 5. The van der Waals surface area contributed by atoms with Crippen molar-refractivity contribution in [1.82, 2.24) is 5.06 Å². The molecule has 0 saturated heterocycles. The number of amides is 1. The molecule has 0 aromatic rings. The predicted molar refractivity (Wildman–Crippen MR) is 64.5 cm³/mol. The Bertz CT molecular complexity index is 373. The second kappa shape index (κ2) is 7.31. The average molecular weight is 279 g/mol. The third-order valence-electron chi connectivity index (χ3n) is 1.96. The van der Waals surface area contributed by atoms with E-state index in [-0.39, 0.29) is 0 Å². The summed E-state index contributed by atoms with van der Waals surface area (Å²) in [5.74, 6) is 0.135. The number of hydrogen-bond acceptors (Lipinski definition) is 6. The van der Waals surface area contributed by atoms with E-state index in [9.17, 15) is 14.2 Å². The molecule has 0 heterocycles. The molecule has 0 aliphatic carbocycles. The third kappa shape index (κ3) is 5.44. The molecule has 0 aliphatic heterocycles. The van der Waals surface area contributed by atoms with Crippen LogP contribution >= 0.6 is 7.60 Å². The highest BCUT2D eigenvalue weighted by Gasteiger charge is 2.21. The van der Waals surface area contributed by atoms with Crippen LogP contribution in [0.4, 0.5) is 0 Å². The van der Waals surface area contributed by atoms with Gasteiger partial charge in [-0.2, -0.15) is 5.06 Å². The van der Waals surface area contributed by atoms with Crippen LogP contribution in [-0.4, -0.2) is 37.2 Å². The van der Waals surface area contributed by atoms with E-state index >= 15 is 0 Å². The quantitative estimate of drug-likeness (QED) is 0.562. The SMILES string of the molecule is COP(=O)(/C=C/C(C)N(OC(C)=O)C(C)=O)OC. The van der Waals surface area contributed by atoms with Gasteiger partial charge < -0.3 is 13.9 Å². The summed E-state index contributed by atoms with van der Waals surface area (Å²) in [6.07, 6.45) is 1.40. The minimum Gasteiger partial charge on any atom is -0.338 e. The largest absolute Gasteiger partial charge is 0.353 e. The standard InChI is InChI=1S/C10H18NO6P/c1-8(6-7-18(14,15-4)16-5)11(9(2)12)17-10(3)13/h6-8H,1-5H3/b7-6+. The van der Waals surface area contributed by atoms with Crippen LogP contribution < -0.4 is 0 Å². The van der Waals surface area contributed by atoms with Crippen molar-refractivity contribution in [2.75, 3.05) is 14.2 Å². The number of carbonyl (C=O) groups is 2. The van der Waals surface area contributed by atoms with Gasteiger partial charge in [0.1, 0.15) is 0 Å². The van der Waals surface area contributed by atoms with Crippen molar-refractivity contribution in [1.29, 1.82) is 0 Å². The fourth-order valence-corrected chi connectivity index (χ4v) is 1.93. The van der Waals surface area contributed by atoms with Gasteiger partial charge in [0.15, 0.2) is 0 Å².